The Labute approximate surface area is 169 Å². The third-order valence-electron chi connectivity index (χ3n) is 6.30. The molecule has 0 saturated carbocycles. The summed E-state index contributed by atoms with van der Waals surface area (Å²) in [5.41, 5.74) is 2.31. The van der Waals surface area contributed by atoms with E-state index in [-0.39, 0.29) is 41.3 Å². The monoisotopic (exact) mass is 390 g/mol. The first-order valence-corrected chi connectivity index (χ1v) is 9.97. The van der Waals surface area contributed by atoms with Crippen molar-refractivity contribution in [3.8, 4) is 11.5 Å². The summed E-state index contributed by atoms with van der Waals surface area (Å²) in [6.07, 6.45) is 2.25. The van der Waals surface area contributed by atoms with Gasteiger partial charge < -0.3 is 14.6 Å². The topological polar surface area (TPSA) is 55.8 Å². The SMILES string of the molecule is [B]c1ccc(Oc2ccc(C3=C(O)[C@H]4[C@@H](C3=O)[C@@H]3CC[C@H]4O3)c(CC)c2)c(F)c1. The third-order valence-corrected chi connectivity index (χ3v) is 6.30. The summed E-state index contributed by atoms with van der Waals surface area (Å²) in [7, 11) is 5.58. The molecule has 29 heavy (non-hydrogen) atoms. The van der Waals surface area contributed by atoms with Gasteiger partial charge in [-0.15, -0.1) is 0 Å². The lowest BCUT2D eigenvalue weighted by Gasteiger charge is -2.19. The molecule has 5 rings (SSSR count). The molecule has 2 aromatic carbocycles. The van der Waals surface area contributed by atoms with Crippen LogP contribution in [0.15, 0.2) is 42.2 Å². The van der Waals surface area contributed by atoms with Gasteiger partial charge >= 0.3 is 0 Å². The Morgan fingerprint density at radius 3 is 2.62 bits per heavy atom. The van der Waals surface area contributed by atoms with Gasteiger partial charge in [0, 0.05) is 0 Å². The molecular formula is C23H20BFO4. The van der Waals surface area contributed by atoms with Crippen LogP contribution in [0.5, 0.6) is 11.5 Å². The Hall–Kier alpha value is -2.60. The van der Waals surface area contributed by atoms with E-state index in [9.17, 15) is 14.3 Å². The van der Waals surface area contributed by atoms with Crippen molar-refractivity contribution in [2.75, 3.05) is 0 Å². The van der Waals surface area contributed by atoms with E-state index >= 15 is 0 Å². The molecule has 146 valence electrons. The van der Waals surface area contributed by atoms with Gasteiger partial charge in [-0.25, -0.2) is 4.39 Å². The average molecular weight is 390 g/mol. The lowest BCUT2D eigenvalue weighted by Crippen LogP contribution is -2.29. The second kappa shape index (κ2) is 6.73. The van der Waals surface area contributed by atoms with Crippen LogP contribution < -0.4 is 10.2 Å². The van der Waals surface area contributed by atoms with Crippen molar-refractivity contribution in [2.24, 2.45) is 11.8 Å². The van der Waals surface area contributed by atoms with Crippen LogP contribution in [0.3, 0.4) is 0 Å². The number of allylic oxidation sites excluding steroid dienone is 1. The van der Waals surface area contributed by atoms with Crippen molar-refractivity contribution < 1.29 is 23.8 Å². The summed E-state index contributed by atoms with van der Waals surface area (Å²) in [6, 6.07) is 9.52. The zero-order chi connectivity index (χ0) is 20.3. The number of fused-ring (bicyclic) bond motifs is 5. The number of rotatable bonds is 4. The summed E-state index contributed by atoms with van der Waals surface area (Å²) in [5.74, 6) is -0.372. The maximum absolute atomic E-state index is 14.1. The van der Waals surface area contributed by atoms with Crippen molar-refractivity contribution in [3.63, 3.8) is 0 Å². The number of carbonyl (C=O) groups is 1. The van der Waals surface area contributed by atoms with Crippen LogP contribution in [-0.4, -0.2) is 30.9 Å². The quantitative estimate of drug-likeness (QED) is 0.811. The molecule has 2 bridgehead atoms. The van der Waals surface area contributed by atoms with E-state index in [4.69, 9.17) is 17.3 Å². The average Bonchev–Trinajstić information content (AvgIpc) is 3.38. The van der Waals surface area contributed by atoms with Crippen LogP contribution in [0.25, 0.3) is 5.57 Å². The molecule has 2 heterocycles. The van der Waals surface area contributed by atoms with Crippen LogP contribution in [-0.2, 0) is 16.0 Å². The summed E-state index contributed by atoms with van der Waals surface area (Å²) in [5, 5.41) is 10.9. The highest BCUT2D eigenvalue weighted by atomic mass is 19.1. The fraction of sp³-hybridized carbons (Fsp3) is 0.348. The Bertz CT molecular complexity index is 1050. The number of aliphatic hydroxyl groups excluding tert-OH is 1. The number of ketones is 1. The maximum Gasteiger partial charge on any atom is 0.173 e. The summed E-state index contributed by atoms with van der Waals surface area (Å²) < 4.78 is 25.6. The zero-order valence-corrected chi connectivity index (χ0v) is 16.0. The number of aliphatic hydroxyl groups is 1. The molecule has 2 aromatic rings. The summed E-state index contributed by atoms with van der Waals surface area (Å²) in [6.45, 7) is 1.97. The van der Waals surface area contributed by atoms with Gasteiger partial charge in [0.25, 0.3) is 0 Å². The largest absolute Gasteiger partial charge is 0.511 e. The van der Waals surface area contributed by atoms with Gasteiger partial charge in [0.2, 0.25) is 0 Å². The molecule has 1 aliphatic carbocycles. The molecule has 0 spiro atoms. The number of hydrogen-bond acceptors (Lipinski definition) is 4. The van der Waals surface area contributed by atoms with Crippen LogP contribution in [0, 0.1) is 17.7 Å². The van der Waals surface area contributed by atoms with Crippen molar-refractivity contribution in [2.45, 2.75) is 38.4 Å². The smallest absolute Gasteiger partial charge is 0.173 e. The minimum Gasteiger partial charge on any atom is -0.511 e. The van der Waals surface area contributed by atoms with E-state index in [1.807, 2.05) is 6.92 Å². The zero-order valence-electron chi connectivity index (χ0n) is 16.0. The predicted octanol–water partition coefficient (Wildman–Crippen LogP) is 3.62. The molecule has 2 fully saturated rings. The number of carbonyl (C=O) groups excluding carboxylic acids is 1. The molecule has 4 atom stereocenters. The molecule has 0 unspecified atom stereocenters. The molecule has 4 nitrogen and oxygen atoms in total. The molecule has 2 radical (unpaired) electrons. The minimum absolute atomic E-state index is 0.0346. The third kappa shape index (κ3) is 2.81. The van der Waals surface area contributed by atoms with Gasteiger partial charge in [-0.1, -0.05) is 24.5 Å². The maximum atomic E-state index is 14.1. The molecular weight excluding hydrogens is 370 g/mol. The second-order valence-corrected chi connectivity index (χ2v) is 7.93. The van der Waals surface area contributed by atoms with E-state index in [0.29, 0.717) is 28.8 Å². The van der Waals surface area contributed by atoms with Gasteiger partial charge in [-0.05, 0) is 54.7 Å². The van der Waals surface area contributed by atoms with E-state index in [2.05, 4.69) is 0 Å². The van der Waals surface area contributed by atoms with Gasteiger partial charge in [0.15, 0.2) is 17.3 Å². The minimum atomic E-state index is -0.540. The highest BCUT2D eigenvalue weighted by molar-refractivity contribution is 6.32. The van der Waals surface area contributed by atoms with Crippen molar-refractivity contribution >= 4 is 24.7 Å². The van der Waals surface area contributed by atoms with Crippen LogP contribution in [0.2, 0.25) is 0 Å². The Kier molecular flexibility index (Phi) is 4.28. The number of halogens is 1. The molecule has 0 aromatic heterocycles. The van der Waals surface area contributed by atoms with E-state index in [1.165, 1.54) is 12.1 Å². The number of Topliss-reactive ketones (excluding diaryl/α,β-unsaturated/α-hetero) is 1. The molecule has 3 aliphatic rings. The first kappa shape index (κ1) is 18.4. The fourth-order valence-corrected chi connectivity index (χ4v) is 4.99. The number of aryl methyl sites for hydroxylation is 1. The second-order valence-electron chi connectivity index (χ2n) is 7.93. The standard InChI is InChI=1S/C23H20BFO4/c1-2-11-9-13(28-16-6-3-12(24)10-15(16)25)4-5-14(11)19-22(26)20-17-7-8-18(29-17)21(20)23(19)27/h3-6,9-10,17-18,20-21,26H,2,7-8H2,1H3/t17-,18+,20-,21+/m1/s1. The Morgan fingerprint density at radius 2 is 1.93 bits per heavy atom. The lowest BCUT2D eigenvalue weighted by molar-refractivity contribution is -0.118. The molecule has 2 aliphatic heterocycles. The van der Waals surface area contributed by atoms with Crippen molar-refractivity contribution in [1.82, 2.24) is 0 Å². The lowest BCUT2D eigenvalue weighted by atomic mass is 9.80. The Morgan fingerprint density at radius 1 is 1.17 bits per heavy atom. The van der Waals surface area contributed by atoms with E-state index in [1.54, 1.807) is 24.3 Å². The first-order chi connectivity index (χ1) is 14.0. The predicted molar refractivity (Wildman–Crippen MR) is 107 cm³/mol. The van der Waals surface area contributed by atoms with Gasteiger partial charge in [0.1, 0.15) is 19.4 Å². The van der Waals surface area contributed by atoms with Gasteiger partial charge in [-0.2, -0.15) is 0 Å². The highest BCUT2D eigenvalue weighted by Gasteiger charge is 2.59. The molecule has 6 heteroatoms. The van der Waals surface area contributed by atoms with Crippen molar-refractivity contribution in [3.05, 3.63) is 59.1 Å². The van der Waals surface area contributed by atoms with Crippen LogP contribution in [0.1, 0.15) is 30.9 Å². The molecule has 0 amide bonds. The summed E-state index contributed by atoms with van der Waals surface area (Å²) in [4.78, 5) is 13.1. The summed E-state index contributed by atoms with van der Waals surface area (Å²) >= 11 is 0. The molecule has 1 N–H and O–H groups in total. The van der Waals surface area contributed by atoms with Crippen LogP contribution >= 0.6 is 0 Å². The van der Waals surface area contributed by atoms with E-state index in [0.717, 1.165) is 18.4 Å². The normalized spacial score (nSPS) is 27.6. The number of hydrogen-bond donors (Lipinski definition) is 1. The molecule has 2 saturated heterocycles. The number of benzene rings is 2. The fourth-order valence-electron chi connectivity index (χ4n) is 4.99. The first-order valence-electron chi connectivity index (χ1n) is 9.97. The van der Waals surface area contributed by atoms with Gasteiger partial charge in [0.05, 0.1) is 29.6 Å². The number of ether oxygens (including phenoxy) is 2. The Balaban J connectivity index is 1.49. The van der Waals surface area contributed by atoms with Crippen LogP contribution in [0.4, 0.5) is 4.39 Å². The van der Waals surface area contributed by atoms with Gasteiger partial charge in [-0.3, -0.25) is 4.79 Å². The highest BCUT2D eigenvalue weighted by Crippen LogP contribution is 2.53. The van der Waals surface area contributed by atoms with Crippen molar-refractivity contribution in [1.29, 1.82) is 0 Å². The van der Waals surface area contributed by atoms with E-state index < -0.39 is 5.82 Å².